The molecular formula is C17H23NO2S. The van der Waals surface area contributed by atoms with Crippen LogP contribution in [0.1, 0.15) is 31.4 Å². The van der Waals surface area contributed by atoms with Crippen LogP contribution in [0.2, 0.25) is 0 Å². The predicted octanol–water partition coefficient (Wildman–Crippen LogP) is 3.32. The molecule has 0 aliphatic rings. The summed E-state index contributed by atoms with van der Waals surface area (Å²) in [5.74, 6) is 0.421. The van der Waals surface area contributed by atoms with E-state index in [2.05, 4.69) is 17.4 Å². The van der Waals surface area contributed by atoms with E-state index in [-0.39, 0.29) is 17.5 Å². The third-order valence-electron chi connectivity index (χ3n) is 3.78. The van der Waals surface area contributed by atoms with Crippen LogP contribution in [0.5, 0.6) is 0 Å². The van der Waals surface area contributed by atoms with Gasteiger partial charge in [-0.3, -0.25) is 0 Å². The van der Waals surface area contributed by atoms with Crippen LogP contribution in [0.25, 0.3) is 10.8 Å². The van der Waals surface area contributed by atoms with Gasteiger partial charge in [-0.1, -0.05) is 55.8 Å². The molecule has 2 rings (SSSR count). The first kappa shape index (κ1) is 16.0. The highest BCUT2D eigenvalue weighted by Crippen LogP contribution is 2.25. The maximum Gasteiger partial charge on any atom is 0.152 e. The predicted molar refractivity (Wildman–Crippen MR) is 89.3 cm³/mol. The molecule has 0 spiro atoms. The maximum absolute atomic E-state index is 12.2. The van der Waals surface area contributed by atoms with Crippen molar-refractivity contribution in [2.45, 2.75) is 25.8 Å². The lowest BCUT2D eigenvalue weighted by Crippen LogP contribution is -2.26. The van der Waals surface area contributed by atoms with Gasteiger partial charge in [-0.2, -0.15) is 0 Å². The highest BCUT2D eigenvalue weighted by molar-refractivity contribution is 7.91. The van der Waals surface area contributed by atoms with Crippen molar-refractivity contribution in [3.8, 4) is 0 Å². The smallest absolute Gasteiger partial charge is 0.152 e. The molecule has 114 valence electrons. The molecule has 1 atom stereocenters. The monoisotopic (exact) mass is 305 g/mol. The van der Waals surface area contributed by atoms with Crippen molar-refractivity contribution < 1.29 is 8.42 Å². The fourth-order valence-electron chi connectivity index (χ4n) is 2.58. The van der Waals surface area contributed by atoms with Gasteiger partial charge in [0.15, 0.2) is 9.84 Å². The van der Waals surface area contributed by atoms with E-state index in [1.165, 1.54) is 0 Å². The Morgan fingerprint density at radius 3 is 2.52 bits per heavy atom. The zero-order valence-electron chi connectivity index (χ0n) is 12.7. The van der Waals surface area contributed by atoms with Gasteiger partial charge in [-0.05, 0) is 29.8 Å². The highest BCUT2D eigenvalue weighted by Gasteiger charge is 2.20. The summed E-state index contributed by atoms with van der Waals surface area (Å²) in [5, 5.41) is 5.42. The van der Waals surface area contributed by atoms with E-state index in [4.69, 9.17) is 0 Å². The average molecular weight is 305 g/mol. The van der Waals surface area contributed by atoms with Crippen LogP contribution >= 0.6 is 0 Å². The lowest BCUT2D eigenvalue weighted by atomic mass is 10.00. The maximum atomic E-state index is 12.2. The molecule has 0 saturated carbocycles. The lowest BCUT2D eigenvalue weighted by molar-refractivity contribution is 0.572. The van der Waals surface area contributed by atoms with Crippen molar-refractivity contribution in [2.24, 2.45) is 0 Å². The first-order valence-electron chi connectivity index (χ1n) is 7.42. The second-order valence-corrected chi connectivity index (χ2v) is 7.61. The standard InChI is InChI=1S/C17H23NO2S/c1-3-4-12-21(19,20)13-17(18-2)16-11-7-9-14-8-5-6-10-15(14)16/h5-11,17-18H,3-4,12-13H2,1-2H3. The molecule has 0 fully saturated rings. The molecule has 0 radical (unpaired) electrons. The molecule has 21 heavy (non-hydrogen) atoms. The fourth-order valence-corrected chi connectivity index (χ4v) is 4.33. The number of benzene rings is 2. The molecule has 0 saturated heterocycles. The van der Waals surface area contributed by atoms with Crippen LogP contribution in [0.15, 0.2) is 42.5 Å². The van der Waals surface area contributed by atoms with Gasteiger partial charge in [0.05, 0.1) is 11.5 Å². The van der Waals surface area contributed by atoms with E-state index < -0.39 is 9.84 Å². The number of fused-ring (bicyclic) bond motifs is 1. The summed E-state index contributed by atoms with van der Waals surface area (Å²) in [5.41, 5.74) is 1.05. The molecule has 0 amide bonds. The van der Waals surface area contributed by atoms with Crippen LogP contribution in [-0.2, 0) is 9.84 Å². The zero-order chi connectivity index (χ0) is 15.3. The van der Waals surface area contributed by atoms with Crippen molar-refractivity contribution in [3.63, 3.8) is 0 Å². The summed E-state index contributed by atoms with van der Waals surface area (Å²) >= 11 is 0. The molecule has 1 N–H and O–H groups in total. The molecule has 0 aliphatic heterocycles. The molecule has 1 unspecified atom stereocenters. The SMILES string of the molecule is CCCCS(=O)(=O)CC(NC)c1cccc2ccccc12. The molecule has 0 aliphatic carbocycles. The zero-order valence-corrected chi connectivity index (χ0v) is 13.5. The van der Waals surface area contributed by atoms with Crippen LogP contribution in [0.4, 0.5) is 0 Å². The van der Waals surface area contributed by atoms with E-state index in [0.29, 0.717) is 0 Å². The molecule has 2 aromatic rings. The number of unbranched alkanes of at least 4 members (excludes halogenated alkanes) is 1. The van der Waals surface area contributed by atoms with Gasteiger partial charge >= 0.3 is 0 Å². The quantitative estimate of drug-likeness (QED) is 0.853. The number of hydrogen-bond donors (Lipinski definition) is 1. The van der Waals surface area contributed by atoms with Gasteiger partial charge in [0, 0.05) is 6.04 Å². The van der Waals surface area contributed by atoms with E-state index in [0.717, 1.165) is 29.2 Å². The summed E-state index contributed by atoms with van der Waals surface area (Å²) in [6.07, 6.45) is 1.63. The summed E-state index contributed by atoms with van der Waals surface area (Å²) in [6, 6.07) is 14.0. The van der Waals surface area contributed by atoms with Crippen molar-refractivity contribution >= 4 is 20.6 Å². The number of nitrogens with one attached hydrogen (secondary N) is 1. The van der Waals surface area contributed by atoms with Crippen molar-refractivity contribution in [2.75, 3.05) is 18.6 Å². The van der Waals surface area contributed by atoms with Crippen LogP contribution in [0, 0.1) is 0 Å². The second kappa shape index (κ2) is 7.05. The van der Waals surface area contributed by atoms with Crippen molar-refractivity contribution in [1.82, 2.24) is 5.32 Å². The van der Waals surface area contributed by atoms with Crippen LogP contribution in [-0.4, -0.2) is 27.0 Å². The largest absolute Gasteiger partial charge is 0.312 e. The van der Waals surface area contributed by atoms with E-state index in [9.17, 15) is 8.42 Å². The Bertz CT molecular complexity index is 690. The van der Waals surface area contributed by atoms with E-state index in [1.807, 2.05) is 44.3 Å². The second-order valence-electron chi connectivity index (χ2n) is 5.38. The Hall–Kier alpha value is -1.39. The Labute approximate surface area is 127 Å². The Morgan fingerprint density at radius 1 is 1.10 bits per heavy atom. The third-order valence-corrected chi connectivity index (χ3v) is 5.53. The van der Waals surface area contributed by atoms with Crippen molar-refractivity contribution in [3.05, 3.63) is 48.0 Å². The summed E-state index contributed by atoms with van der Waals surface area (Å²) in [7, 11) is -1.21. The van der Waals surface area contributed by atoms with Crippen molar-refractivity contribution in [1.29, 1.82) is 0 Å². The molecule has 0 aromatic heterocycles. The van der Waals surface area contributed by atoms with Crippen LogP contribution in [0.3, 0.4) is 0 Å². The van der Waals surface area contributed by atoms with Gasteiger partial charge in [0.2, 0.25) is 0 Å². The molecule has 0 heterocycles. The lowest BCUT2D eigenvalue weighted by Gasteiger charge is -2.19. The highest BCUT2D eigenvalue weighted by atomic mass is 32.2. The summed E-state index contributed by atoms with van der Waals surface area (Å²) in [4.78, 5) is 0. The van der Waals surface area contributed by atoms with E-state index in [1.54, 1.807) is 0 Å². The van der Waals surface area contributed by atoms with Gasteiger partial charge in [0.25, 0.3) is 0 Å². The fraction of sp³-hybridized carbons (Fsp3) is 0.412. The number of sulfone groups is 1. The average Bonchev–Trinajstić information content (AvgIpc) is 2.50. The Balaban J connectivity index is 2.32. The summed E-state index contributed by atoms with van der Waals surface area (Å²) in [6.45, 7) is 2.01. The first-order valence-corrected chi connectivity index (χ1v) is 9.25. The molecule has 2 aromatic carbocycles. The van der Waals surface area contributed by atoms with Gasteiger partial charge in [-0.25, -0.2) is 8.42 Å². The molecule has 4 heteroatoms. The minimum absolute atomic E-state index is 0.150. The summed E-state index contributed by atoms with van der Waals surface area (Å²) < 4.78 is 24.5. The molecule has 0 bridgehead atoms. The number of hydrogen-bond acceptors (Lipinski definition) is 3. The minimum atomic E-state index is -3.03. The van der Waals surface area contributed by atoms with Gasteiger partial charge in [-0.15, -0.1) is 0 Å². The minimum Gasteiger partial charge on any atom is -0.312 e. The third kappa shape index (κ3) is 4.05. The Kier molecular flexibility index (Phi) is 5.37. The number of rotatable bonds is 7. The first-order chi connectivity index (χ1) is 10.1. The molecule has 3 nitrogen and oxygen atoms in total. The molecular weight excluding hydrogens is 282 g/mol. The van der Waals surface area contributed by atoms with Gasteiger partial charge in [0.1, 0.15) is 0 Å². The Morgan fingerprint density at radius 2 is 1.81 bits per heavy atom. The van der Waals surface area contributed by atoms with E-state index >= 15 is 0 Å². The van der Waals surface area contributed by atoms with Gasteiger partial charge < -0.3 is 5.32 Å². The topological polar surface area (TPSA) is 46.2 Å². The van der Waals surface area contributed by atoms with Crippen LogP contribution < -0.4 is 5.32 Å². The normalized spacial score (nSPS) is 13.4.